The molecular weight excluding hydrogens is 476 g/mol. The topological polar surface area (TPSA) is 95.9 Å². The average Bonchev–Trinajstić information content (AvgIpc) is 3.29. The molecule has 194 valence electrons. The molecule has 4 atom stereocenters. The summed E-state index contributed by atoms with van der Waals surface area (Å²) in [5, 5.41) is 10.6. The zero-order valence-electron chi connectivity index (χ0n) is 21.5. The molecule has 1 saturated heterocycles. The van der Waals surface area contributed by atoms with E-state index in [1.165, 1.54) is 24.8 Å². The quantitative estimate of drug-likeness (QED) is 0.632. The van der Waals surface area contributed by atoms with E-state index in [4.69, 9.17) is 4.74 Å². The summed E-state index contributed by atoms with van der Waals surface area (Å²) in [5.74, 6) is 0.807. The lowest BCUT2D eigenvalue weighted by Gasteiger charge is -2.61. The van der Waals surface area contributed by atoms with Gasteiger partial charge in [-0.25, -0.2) is 13.1 Å². The van der Waals surface area contributed by atoms with Crippen molar-refractivity contribution in [2.75, 3.05) is 13.7 Å². The molecule has 2 bridgehead atoms. The van der Waals surface area contributed by atoms with Gasteiger partial charge < -0.3 is 14.7 Å². The van der Waals surface area contributed by atoms with Crippen LogP contribution in [0.25, 0.3) is 0 Å². The van der Waals surface area contributed by atoms with E-state index in [0.717, 1.165) is 12.0 Å². The second kappa shape index (κ2) is 8.77. The summed E-state index contributed by atoms with van der Waals surface area (Å²) >= 11 is 0. The molecular formula is C28H36N2O5S. The van der Waals surface area contributed by atoms with Crippen molar-refractivity contribution in [1.82, 2.24) is 9.62 Å². The predicted octanol–water partition coefficient (Wildman–Crippen LogP) is 3.99. The number of benzene rings is 2. The van der Waals surface area contributed by atoms with Crippen molar-refractivity contribution in [2.45, 2.75) is 75.3 Å². The summed E-state index contributed by atoms with van der Waals surface area (Å²) in [7, 11) is -2.14. The normalized spacial score (nSPS) is 29.0. The molecule has 2 fully saturated rings. The van der Waals surface area contributed by atoms with Crippen molar-refractivity contribution in [2.24, 2.45) is 11.3 Å². The third kappa shape index (κ3) is 3.89. The second-order valence-corrected chi connectivity index (χ2v) is 13.1. The van der Waals surface area contributed by atoms with Gasteiger partial charge in [-0.05, 0) is 79.0 Å². The van der Waals surface area contributed by atoms with Crippen molar-refractivity contribution in [3.05, 3.63) is 53.6 Å². The van der Waals surface area contributed by atoms with E-state index in [0.29, 0.717) is 43.7 Å². The van der Waals surface area contributed by atoms with Gasteiger partial charge in [0.1, 0.15) is 11.5 Å². The minimum absolute atomic E-state index is 0.0143. The third-order valence-corrected chi connectivity index (χ3v) is 10.9. The van der Waals surface area contributed by atoms with Crippen LogP contribution in [-0.4, -0.2) is 50.1 Å². The van der Waals surface area contributed by atoms with Crippen LogP contribution in [0.5, 0.6) is 11.5 Å². The van der Waals surface area contributed by atoms with Crippen molar-refractivity contribution in [1.29, 1.82) is 0 Å². The first-order valence-electron chi connectivity index (χ1n) is 12.8. The summed E-state index contributed by atoms with van der Waals surface area (Å²) in [6.07, 6.45) is 3.26. The first-order chi connectivity index (χ1) is 17.0. The van der Waals surface area contributed by atoms with Gasteiger partial charge in [0.15, 0.2) is 0 Å². The van der Waals surface area contributed by atoms with E-state index in [-0.39, 0.29) is 39.6 Å². The Morgan fingerprint density at radius 1 is 1.11 bits per heavy atom. The molecule has 0 radical (unpaired) electrons. The summed E-state index contributed by atoms with van der Waals surface area (Å²) in [6.45, 7) is 7.42. The lowest BCUT2D eigenvalue weighted by atomic mass is 9.51. The maximum Gasteiger partial charge on any atom is 0.240 e. The monoisotopic (exact) mass is 512 g/mol. The fourth-order valence-electron chi connectivity index (χ4n) is 6.78. The lowest BCUT2D eigenvalue weighted by molar-refractivity contribution is -0.148. The Morgan fingerprint density at radius 2 is 1.83 bits per heavy atom. The molecule has 0 aromatic heterocycles. The number of aromatic hydroxyl groups is 1. The summed E-state index contributed by atoms with van der Waals surface area (Å²) < 4.78 is 33.7. The van der Waals surface area contributed by atoms with Crippen LogP contribution in [0.1, 0.15) is 57.6 Å². The Bertz CT molecular complexity index is 1270. The van der Waals surface area contributed by atoms with E-state index in [2.05, 4.69) is 31.6 Å². The van der Waals surface area contributed by atoms with Gasteiger partial charge in [-0.2, -0.15) is 0 Å². The molecule has 3 aliphatic rings. The number of hydrogen-bond donors (Lipinski definition) is 2. The highest BCUT2D eigenvalue weighted by Gasteiger charge is 2.57. The maximum absolute atomic E-state index is 13.8. The van der Waals surface area contributed by atoms with E-state index in [1.807, 2.05) is 11.0 Å². The standard InChI is InChI=1S/C28H36N2O5S/c1-27(2)25-17-22-23(6-5-7-24(22)31)28(27,3)14-15-30(25)26(32)18-8-9-19(16-18)29-36(33,34)21-12-10-20(35-4)11-13-21/h5-7,10-13,18-19,25,29,31H,8-9,14-17H2,1-4H3/t18-,19?,25-,28+/m1/s1. The van der Waals surface area contributed by atoms with Gasteiger partial charge in [0, 0.05) is 30.0 Å². The van der Waals surface area contributed by atoms with Gasteiger partial charge in [-0.15, -0.1) is 0 Å². The van der Waals surface area contributed by atoms with Crippen LogP contribution in [0.15, 0.2) is 47.4 Å². The number of carbonyl (C=O) groups is 1. The van der Waals surface area contributed by atoms with Crippen molar-refractivity contribution < 1.29 is 23.1 Å². The Hall–Kier alpha value is -2.58. The molecule has 36 heavy (non-hydrogen) atoms. The number of fused-ring (bicyclic) bond motifs is 4. The van der Waals surface area contributed by atoms with Gasteiger partial charge in [-0.1, -0.05) is 32.9 Å². The van der Waals surface area contributed by atoms with Crippen LogP contribution in [0.2, 0.25) is 0 Å². The first kappa shape index (κ1) is 25.1. The van der Waals surface area contributed by atoms with E-state index < -0.39 is 10.0 Å². The van der Waals surface area contributed by atoms with Crippen LogP contribution in [-0.2, 0) is 26.7 Å². The number of phenols is 1. The molecule has 1 saturated carbocycles. The van der Waals surface area contributed by atoms with Crippen LogP contribution in [0.3, 0.4) is 0 Å². The third-order valence-electron chi connectivity index (χ3n) is 9.38. The summed E-state index contributed by atoms with van der Waals surface area (Å²) in [4.78, 5) is 16.0. The minimum atomic E-state index is -3.68. The number of piperidine rings is 1. The number of nitrogens with zero attached hydrogens (tertiary/aromatic N) is 1. The first-order valence-corrected chi connectivity index (χ1v) is 14.2. The van der Waals surface area contributed by atoms with Gasteiger partial charge in [0.25, 0.3) is 0 Å². The fourth-order valence-corrected chi connectivity index (χ4v) is 8.06. The van der Waals surface area contributed by atoms with Crippen molar-refractivity contribution >= 4 is 15.9 Å². The molecule has 1 unspecified atom stereocenters. The number of phenolic OH excluding ortho intramolecular Hbond substituents is 1. The van der Waals surface area contributed by atoms with E-state index in [1.54, 1.807) is 18.2 Å². The maximum atomic E-state index is 13.8. The number of methoxy groups -OCH3 is 1. The van der Waals surface area contributed by atoms with E-state index in [9.17, 15) is 18.3 Å². The lowest BCUT2D eigenvalue weighted by Crippen LogP contribution is -2.65. The zero-order valence-corrected chi connectivity index (χ0v) is 22.3. The number of likely N-dealkylation sites (tertiary alicyclic amines) is 1. The predicted molar refractivity (Wildman–Crippen MR) is 138 cm³/mol. The molecule has 7 nitrogen and oxygen atoms in total. The highest BCUT2D eigenvalue weighted by Crippen LogP contribution is 2.57. The number of carbonyl (C=O) groups excluding carboxylic acids is 1. The van der Waals surface area contributed by atoms with Crippen molar-refractivity contribution in [3.8, 4) is 11.5 Å². The second-order valence-electron chi connectivity index (χ2n) is 11.4. The fraction of sp³-hybridized carbons (Fsp3) is 0.536. The number of ether oxygens (including phenoxy) is 1. The Kier molecular flexibility index (Phi) is 6.11. The number of hydrogen-bond acceptors (Lipinski definition) is 5. The number of amides is 1. The average molecular weight is 513 g/mol. The molecule has 1 heterocycles. The number of rotatable bonds is 5. The summed E-state index contributed by atoms with van der Waals surface area (Å²) in [5.41, 5.74) is 1.87. The van der Waals surface area contributed by atoms with Gasteiger partial charge in [0.05, 0.1) is 12.0 Å². The SMILES string of the molecule is COc1ccc(S(=O)(=O)NC2CC[C@@H](C(=O)N3CC[C@@]4(C)c5cccc(O)c5C[C@@H]3C4(C)C)C2)cc1. The van der Waals surface area contributed by atoms with E-state index >= 15 is 0 Å². The van der Waals surface area contributed by atoms with Crippen LogP contribution in [0.4, 0.5) is 0 Å². The minimum Gasteiger partial charge on any atom is -0.508 e. The highest BCUT2D eigenvalue weighted by molar-refractivity contribution is 7.89. The molecule has 2 aromatic rings. The zero-order chi connectivity index (χ0) is 25.9. The Morgan fingerprint density at radius 3 is 2.53 bits per heavy atom. The molecule has 2 aliphatic carbocycles. The molecule has 5 rings (SSSR count). The highest BCUT2D eigenvalue weighted by atomic mass is 32.2. The number of nitrogens with one attached hydrogen (secondary N) is 1. The Balaban J connectivity index is 1.31. The number of sulfonamides is 1. The van der Waals surface area contributed by atoms with Gasteiger partial charge in [0.2, 0.25) is 15.9 Å². The van der Waals surface area contributed by atoms with Gasteiger partial charge >= 0.3 is 0 Å². The summed E-state index contributed by atoms with van der Waals surface area (Å²) in [6, 6.07) is 11.8. The van der Waals surface area contributed by atoms with Crippen LogP contribution >= 0.6 is 0 Å². The van der Waals surface area contributed by atoms with Gasteiger partial charge in [-0.3, -0.25) is 4.79 Å². The smallest absolute Gasteiger partial charge is 0.240 e. The van der Waals surface area contributed by atoms with Crippen LogP contribution in [0, 0.1) is 11.3 Å². The molecule has 0 spiro atoms. The Labute approximate surface area is 213 Å². The molecule has 1 amide bonds. The molecule has 1 aliphatic heterocycles. The largest absolute Gasteiger partial charge is 0.508 e. The molecule has 2 N–H and O–H groups in total. The van der Waals surface area contributed by atoms with Crippen LogP contribution < -0.4 is 9.46 Å². The molecule has 8 heteroatoms. The van der Waals surface area contributed by atoms with Crippen molar-refractivity contribution in [3.63, 3.8) is 0 Å². The molecule has 2 aromatic carbocycles.